The van der Waals surface area contributed by atoms with E-state index < -0.39 is 0 Å². The average molecular weight is 230 g/mol. The standard InChI is InChI=1S/C17H26/c1-7-13-11-16(3,4)14-9-8-12(2)10-15(14)17(13,5)6/h8-10,13H,7,11H2,1-6H3. The molecule has 1 aliphatic carbocycles. The Morgan fingerprint density at radius 3 is 2.35 bits per heavy atom. The second kappa shape index (κ2) is 3.86. The molecule has 0 amide bonds. The van der Waals surface area contributed by atoms with Gasteiger partial charge in [0.15, 0.2) is 0 Å². The summed E-state index contributed by atoms with van der Waals surface area (Å²) in [5.74, 6) is 0.798. The molecule has 0 spiro atoms. The zero-order valence-electron chi connectivity index (χ0n) is 12.2. The van der Waals surface area contributed by atoms with E-state index in [1.165, 1.54) is 18.4 Å². The number of rotatable bonds is 1. The van der Waals surface area contributed by atoms with Crippen LogP contribution in [0, 0.1) is 12.8 Å². The second-order valence-corrected chi connectivity index (χ2v) is 6.96. The van der Waals surface area contributed by atoms with Gasteiger partial charge in [0.25, 0.3) is 0 Å². The third-order valence-electron chi connectivity index (χ3n) is 4.87. The van der Waals surface area contributed by atoms with Crippen molar-refractivity contribution in [3.05, 3.63) is 34.9 Å². The molecule has 0 aliphatic heterocycles. The van der Waals surface area contributed by atoms with E-state index in [9.17, 15) is 0 Å². The van der Waals surface area contributed by atoms with Crippen molar-refractivity contribution in [2.75, 3.05) is 0 Å². The van der Waals surface area contributed by atoms with E-state index in [1.807, 2.05) is 0 Å². The maximum Gasteiger partial charge on any atom is -0.00721 e. The van der Waals surface area contributed by atoms with E-state index in [4.69, 9.17) is 0 Å². The van der Waals surface area contributed by atoms with Gasteiger partial charge in [0.05, 0.1) is 0 Å². The minimum absolute atomic E-state index is 0.325. The largest absolute Gasteiger partial charge is 0.0651 e. The highest BCUT2D eigenvalue weighted by atomic mass is 14.5. The van der Waals surface area contributed by atoms with Crippen molar-refractivity contribution in [2.24, 2.45) is 5.92 Å². The summed E-state index contributed by atoms with van der Waals surface area (Å²) in [6.45, 7) is 14.2. The summed E-state index contributed by atoms with van der Waals surface area (Å²) in [5, 5.41) is 0. The first kappa shape index (κ1) is 12.7. The van der Waals surface area contributed by atoms with Gasteiger partial charge in [-0.15, -0.1) is 0 Å². The highest BCUT2D eigenvalue weighted by Crippen LogP contribution is 2.50. The molecule has 1 aliphatic rings. The van der Waals surface area contributed by atoms with Crippen molar-refractivity contribution >= 4 is 0 Å². The van der Waals surface area contributed by atoms with E-state index in [0.717, 1.165) is 5.92 Å². The predicted molar refractivity (Wildman–Crippen MR) is 75.6 cm³/mol. The molecule has 0 radical (unpaired) electrons. The van der Waals surface area contributed by atoms with Gasteiger partial charge in [-0.2, -0.15) is 0 Å². The summed E-state index contributed by atoms with van der Waals surface area (Å²) in [6, 6.07) is 7.04. The number of fused-ring (bicyclic) bond motifs is 1. The van der Waals surface area contributed by atoms with Crippen LogP contribution in [0.25, 0.3) is 0 Å². The Morgan fingerprint density at radius 2 is 1.76 bits per heavy atom. The predicted octanol–water partition coefficient (Wildman–Crippen LogP) is 4.98. The molecule has 0 fully saturated rings. The van der Waals surface area contributed by atoms with Gasteiger partial charge in [-0.25, -0.2) is 0 Å². The molecule has 2 rings (SSSR count). The third kappa shape index (κ3) is 1.92. The van der Waals surface area contributed by atoms with Gasteiger partial charge < -0.3 is 0 Å². The average Bonchev–Trinajstić information content (AvgIpc) is 2.24. The summed E-state index contributed by atoms with van der Waals surface area (Å²) in [7, 11) is 0. The minimum Gasteiger partial charge on any atom is -0.0651 e. The van der Waals surface area contributed by atoms with E-state index in [2.05, 4.69) is 59.7 Å². The highest BCUT2D eigenvalue weighted by Gasteiger charge is 2.42. The Balaban J connectivity index is 2.64. The summed E-state index contributed by atoms with van der Waals surface area (Å²) < 4.78 is 0. The molecule has 0 nitrogen and oxygen atoms in total. The zero-order chi connectivity index (χ0) is 12.8. The molecule has 1 unspecified atom stereocenters. The summed E-state index contributed by atoms with van der Waals surface area (Å²) >= 11 is 0. The van der Waals surface area contributed by atoms with E-state index >= 15 is 0 Å². The summed E-state index contributed by atoms with van der Waals surface area (Å²) in [4.78, 5) is 0. The molecular weight excluding hydrogens is 204 g/mol. The normalized spacial score (nSPS) is 25.4. The molecule has 0 heterocycles. The first-order chi connectivity index (χ1) is 7.79. The van der Waals surface area contributed by atoms with Crippen LogP contribution in [0.3, 0.4) is 0 Å². The van der Waals surface area contributed by atoms with Crippen LogP contribution in [-0.4, -0.2) is 0 Å². The minimum atomic E-state index is 0.325. The van der Waals surface area contributed by atoms with Crippen LogP contribution >= 0.6 is 0 Å². The van der Waals surface area contributed by atoms with Crippen LogP contribution in [0.15, 0.2) is 18.2 Å². The Morgan fingerprint density at radius 1 is 1.12 bits per heavy atom. The lowest BCUT2D eigenvalue weighted by Crippen LogP contribution is -2.41. The maximum absolute atomic E-state index is 2.43. The van der Waals surface area contributed by atoms with Crippen LogP contribution in [0.1, 0.15) is 64.2 Å². The second-order valence-electron chi connectivity index (χ2n) is 6.96. The summed E-state index contributed by atoms with van der Waals surface area (Å²) in [5.41, 5.74) is 5.20. The molecule has 0 heteroatoms. The van der Waals surface area contributed by atoms with Crippen molar-refractivity contribution in [2.45, 2.75) is 65.2 Å². The molecule has 0 N–H and O–H groups in total. The van der Waals surface area contributed by atoms with E-state index in [0.29, 0.717) is 10.8 Å². The summed E-state index contributed by atoms with van der Waals surface area (Å²) in [6.07, 6.45) is 2.59. The van der Waals surface area contributed by atoms with Crippen LogP contribution < -0.4 is 0 Å². The van der Waals surface area contributed by atoms with Gasteiger partial charge in [-0.1, -0.05) is 64.8 Å². The molecular formula is C17H26. The van der Waals surface area contributed by atoms with Gasteiger partial charge in [0.1, 0.15) is 0 Å². The molecule has 1 aromatic carbocycles. The number of benzene rings is 1. The van der Waals surface area contributed by atoms with Gasteiger partial charge in [-0.3, -0.25) is 0 Å². The number of aryl methyl sites for hydroxylation is 1. The monoisotopic (exact) mass is 230 g/mol. The van der Waals surface area contributed by atoms with Crippen molar-refractivity contribution in [1.82, 2.24) is 0 Å². The highest BCUT2D eigenvalue weighted by molar-refractivity contribution is 5.44. The fourth-order valence-electron chi connectivity index (χ4n) is 3.64. The lowest BCUT2D eigenvalue weighted by atomic mass is 9.57. The van der Waals surface area contributed by atoms with E-state index in [1.54, 1.807) is 11.1 Å². The van der Waals surface area contributed by atoms with Gasteiger partial charge in [0, 0.05) is 0 Å². The SMILES string of the molecule is CCC1CC(C)(C)c2ccc(C)cc2C1(C)C. The fraction of sp³-hybridized carbons (Fsp3) is 0.647. The first-order valence-corrected chi connectivity index (χ1v) is 6.90. The van der Waals surface area contributed by atoms with Crippen molar-refractivity contribution in [3.63, 3.8) is 0 Å². The van der Waals surface area contributed by atoms with Crippen LogP contribution in [0.2, 0.25) is 0 Å². The molecule has 0 aromatic heterocycles. The Kier molecular flexibility index (Phi) is 2.88. The smallest absolute Gasteiger partial charge is 0.00721 e. The molecule has 1 atom stereocenters. The van der Waals surface area contributed by atoms with Gasteiger partial charge in [0.2, 0.25) is 0 Å². The van der Waals surface area contributed by atoms with Gasteiger partial charge in [-0.05, 0) is 41.2 Å². The molecule has 0 saturated carbocycles. The molecule has 17 heavy (non-hydrogen) atoms. The van der Waals surface area contributed by atoms with Crippen LogP contribution in [0.5, 0.6) is 0 Å². The number of hydrogen-bond acceptors (Lipinski definition) is 0. The van der Waals surface area contributed by atoms with Crippen molar-refractivity contribution < 1.29 is 0 Å². The number of hydrogen-bond donors (Lipinski definition) is 0. The molecule has 94 valence electrons. The lowest BCUT2D eigenvalue weighted by Gasteiger charge is -2.47. The Labute approximate surface area is 106 Å². The topological polar surface area (TPSA) is 0 Å². The molecule has 0 saturated heterocycles. The van der Waals surface area contributed by atoms with Crippen molar-refractivity contribution in [3.8, 4) is 0 Å². The zero-order valence-corrected chi connectivity index (χ0v) is 12.2. The third-order valence-corrected chi connectivity index (χ3v) is 4.87. The Hall–Kier alpha value is -0.780. The maximum atomic E-state index is 2.43. The lowest BCUT2D eigenvalue weighted by molar-refractivity contribution is 0.209. The van der Waals surface area contributed by atoms with Crippen LogP contribution in [-0.2, 0) is 10.8 Å². The van der Waals surface area contributed by atoms with E-state index in [-0.39, 0.29) is 0 Å². The molecule has 0 bridgehead atoms. The van der Waals surface area contributed by atoms with Crippen LogP contribution in [0.4, 0.5) is 0 Å². The molecule has 1 aromatic rings. The van der Waals surface area contributed by atoms with Gasteiger partial charge >= 0.3 is 0 Å². The van der Waals surface area contributed by atoms with Crippen molar-refractivity contribution in [1.29, 1.82) is 0 Å². The first-order valence-electron chi connectivity index (χ1n) is 6.90. The quantitative estimate of drug-likeness (QED) is 0.638. The fourth-order valence-corrected chi connectivity index (χ4v) is 3.64. The Bertz CT molecular complexity index is 424.